The zero-order chi connectivity index (χ0) is 13.1. The Balaban J connectivity index is 2.05. The molecule has 0 spiro atoms. The maximum atomic E-state index is 11.1. The van der Waals surface area contributed by atoms with Gasteiger partial charge in [0.15, 0.2) is 0 Å². The van der Waals surface area contributed by atoms with Crippen molar-refractivity contribution in [3.8, 4) is 0 Å². The van der Waals surface area contributed by atoms with Gasteiger partial charge in [0.1, 0.15) is 0 Å². The number of nitrogens with one attached hydrogen (secondary N) is 1. The van der Waals surface area contributed by atoms with Gasteiger partial charge in [0, 0.05) is 19.0 Å². The van der Waals surface area contributed by atoms with Crippen LogP contribution in [0.3, 0.4) is 0 Å². The number of anilines is 1. The Labute approximate surface area is 104 Å². The molecule has 18 heavy (non-hydrogen) atoms. The van der Waals surface area contributed by atoms with Gasteiger partial charge in [0.25, 0.3) is 0 Å². The molecular weight excluding hydrogens is 234 g/mol. The lowest BCUT2D eigenvalue weighted by atomic mass is 10.0. The van der Waals surface area contributed by atoms with Gasteiger partial charge in [-0.05, 0) is 17.7 Å². The molecule has 0 aromatic heterocycles. The Morgan fingerprint density at radius 1 is 1.44 bits per heavy atom. The predicted molar refractivity (Wildman–Crippen MR) is 65.7 cm³/mol. The van der Waals surface area contributed by atoms with Gasteiger partial charge >= 0.3 is 5.97 Å². The van der Waals surface area contributed by atoms with E-state index < -0.39 is 12.0 Å². The molecular formula is C12H15N3O3. The Bertz CT molecular complexity index is 458. The van der Waals surface area contributed by atoms with E-state index in [4.69, 9.17) is 10.8 Å². The van der Waals surface area contributed by atoms with E-state index in [-0.39, 0.29) is 12.3 Å². The van der Waals surface area contributed by atoms with E-state index in [0.29, 0.717) is 13.0 Å². The molecule has 6 heteroatoms. The Morgan fingerprint density at radius 2 is 2.11 bits per heavy atom. The first-order valence-electron chi connectivity index (χ1n) is 5.70. The van der Waals surface area contributed by atoms with Crippen LogP contribution in [0.15, 0.2) is 24.3 Å². The highest BCUT2D eigenvalue weighted by Gasteiger charge is 2.18. The number of aliphatic carboxylic acids is 1. The fraction of sp³-hybridized carbons (Fsp3) is 0.333. The second kappa shape index (κ2) is 5.05. The molecule has 0 saturated carbocycles. The van der Waals surface area contributed by atoms with E-state index >= 15 is 0 Å². The third kappa shape index (κ3) is 2.78. The second-order valence-corrected chi connectivity index (χ2v) is 4.23. The molecule has 1 heterocycles. The van der Waals surface area contributed by atoms with Crippen LogP contribution in [0.1, 0.15) is 24.4 Å². The largest absolute Gasteiger partial charge is 0.481 e. The van der Waals surface area contributed by atoms with Crippen molar-refractivity contribution < 1.29 is 14.7 Å². The molecule has 0 aliphatic carbocycles. The number of benzene rings is 1. The van der Waals surface area contributed by atoms with Crippen LogP contribution in [0.4, 0.5) is 5.69 Å². The van der Waals surface area contributed by atoms with Crippen molar-refractivity contribution in [1.82, 2.24) is 5.43 Å². The first-order chi connectivity index (χ1) is 8.56. The van der Waals surface area contributed by atoms with Crippen molar-refractivity contribution in [3.05, 3.63) is 29.8 Å². The van der Waals surface area contributed by atoms with E-state index in [1.807, 2.05) is 12.1 Å². The van der Waals surface area contributed by atoms with Gasteiger partial charge in [-0.3, -0.25) is 20.0 Å². The minimum absolute atomic E-state index is 0.00153. The van der Waals surface area contributed by atoms with Crippen LogP contribution in [-0.2, 0) is 9.59 Å². The first-order valence-corrected chi connectivity index (χ1v) is 5.70. The van der Waals surface area contributed by atoms with E-state index in [1.165, 1.54) is 0 Å². The number of amides is 1. The maximum Gasteiger partial charge on any atom is 0.305 e. The molecule has 1 unspecified atom stereocenters. The second-order valence-electron chi connectivity index (χ2n) is 4.23. The van der Waals surface area contributed by atoms with E-state index in [2.05, 4.69) is 5.43 Å². The molecule has 0 radical (unpaired) electrons. The molecule has 1 atom stereocenters. The van der Waals surface area contributed by atoms with E-state index in [9.17, 15) is 9.59 Å². The summed E-state index contributed by atoms with van der Waals surface area (Å²) in [6.07, 6.45) is 0.389. The smallest absolute Gasteiger partial charge is 0.305 e. The number of carbonyl (C=O) groups is 2. The molecule has 96 valence electrons. The summed E-state index contributed by atoms with van der Waals surface area (Å²) in [5.41, 5.74) is 10.1. The summed E-state index contributed by atoms with van der Waals surface area (Å²) in [5.74, 6) is -0.917. The van der Waals surface area contributed by atoms with Crippen LogP contribution in [0.5, 0.6) is 0 Å². The van der Waals surface area contributed by atoms with Gasteiger partial charge in [-0.15, -0.1) is 0 Å². The number of hydrogen-bond donors (Lipinski definition) is 3. The Morgan fingerprint density at radius 3 is 2.61 bits per heavy atom. The number of hydrazine groups is 1. The molecule has 1 aliphatic rings. The summed E-state index contributed by atoms with van der Waals surface area (Å²) >= 11 is 0. The van der Waals surface area contributed by atoms with Crippen LogP contribution in [0.2, 0.25) is 0 Å². The van der Waals surface area contributed by atoms with Crippen LogP contribution in [0, 0.1) is 0 Å². The monoisotopic (exact) mass is 249 g/mol. The van der Waals surface area contributed by atoms with Crippen molar-refractivity contribution in [2.45, 2.75) is 18.9 Å². The molecule has 4 N–H and O–H groups in total. The minimum atomic E-state index is -0.918. The molecule has 2 rings (SSSR count). The average molecular weight is 249 g/mol. The lowest BCUT2D eigenvalue weighted by Crippen LogP contribution is -2.32. The highest BCUT2D eigenvalue weighted by atomic mass is 16.4. The van der Waals surface area contributed by atoms with E-state index in [0.717, 1.165) is 11.3 Å². The third-order valence-electron chi connectivity index (χ3n) is 2.85. The van der Waals surface area contributed by atoms with Gasteiger partial charge in [-0.25, -0.2) is 0 Å². The van der Waals surface area contributed by atoms with Gasteiger partial charge in [-0.2, -0.15) is 0 Å². The maximum absolute atomic E-state index is 11.1. The normalized spacial score (nSPS) is 16.5. The molecule has 1 aromatic rings. The zero-order valence-electron chi connectivity index (χ0n) is 9.80. The van der Waals surface area contributed by atoms with Gasteiger partial charge in [-0.1, -0.05) is 12.1 Å². The van der Waals surface area contributed by atoms with Crippen LogP contribution >= 0.6 is 0 Å². The van der Waals surface area contributed by atoms with Gasteiger partial charge < -0.3 is 10.8 Å². The quantitative estimate of drug-likeness (QED) is 0.718. The number of carboxylic acids is 1. The van der Waals surface area contributed by atoms with Gasteiger partial charge in [0.2, 0.25) is 5.91 Å². The van der Waals surface area contributed by atoms with Crippen molar-refractivity contribution in [2.75, 3.05) is 11.6 Å². The number of rotatable bonds is 4. The van der Waals surface area contributed by atoms with Crippen LogP contribution in [-0.4, -0.2) is 23.5 Å². The summed E-state index contributed by atoms with van der Waals surface area (Å²) in [5, 5.41) is 10.4. The number of carboxylic acid groups (broad SMARTS) is 1. The van der Waals surface area contributed by atoms with Crippen molar-refractivity contribution in [1.29, 1.82) is 0 Å². The lowest BCUT2D eigenvalue weighted by Gasteiger charge is -2.18. The van der Waals surface area contributed by atoms with Crippen molar-refractivity contribution in [3.63, 3.8) is 0 Å². The minimum Gasteiger partial charge on any atom is -0.481 e. The van der Waals surface area contributed by atoms with Crippen molar-refractivity contribution >= 4 is 17.6 Å². The summed E-state index contributed by atoms with van der Waals surface area (Å²) < 4.78 is 0. The predicted octanol–water partition coefficient (Wildman–Crippen LogP) is 0.402. The summed E-state index contributed by atoms with van der Waals surface area (Å²) in [6, 6.07) is 6.70. The molecule has 1 amide bonds. The van der Waals surface area contributed by atoms with Gasteiger partial charge in [0.05, 0.1) is 12.1 Å². The number of nitrogens with two attached hydrogens (primary N) is 1. The summed E-state index contributed by atoms with van der Waals surface area (Å²) in [7, 11) is 0. The molecule has 1 fully saturated rings. The summed E-state index contributed by atoms with van der Waals surface area (Å²) in [6.45, 7) is 0.638. The van der Waals surface area contributed by atoms with Crippen LogP contribution in [0.25, 0.3) is 0 Å². The highest BCUT2D eigenvalue weighted by molar-refractivity contribution is 5.81. The number of nitrogens with zero attached hydrogens (tertiary/aromatic N) is 1. The highest BCUT2D eigenvalue weighted by Crippen LogP contribution is 2.20. The SMILES string of the molecule is NC(CC(=O)O)c1ccc(N2CCC(=O)N2)cc1. The van der Waals surface area contributed by atoms with Crippen molar-refractivity contribution in [2.24, 2.45) is 5.73 Å². The third-order valence-corrected chi connectivity index (χ3v) is 2.85. The fourth-order valence-electron chi connectivity index (χ4n) is 1.88. The molecule has 1 aromatic carbocycles. The molecule has 0 bridgehead atoms. The molecule has 1 aliphatic heterocycles. The standard InChI is InChI=1S/C12H15N3O3/c13-10(7-12(17)18)8-1-3-9(4-2-8)15-6-5-11(16)14-15/h1-4,10H,5-7,13H2,(H,14,16)(H,17,18). The average Bonchev–Trinajstić information content (AvgIpc) is 2.75. The van der Waals surface area contributed by atoms with Crippen LogP contribution < -0.4 is 16.2 Å². The lowest BCUT2D eigenvalue weighted by molar-refractivity contribution is -0.137. The number of hydrogen-bond acceptors (Lipinski definition) is 4. The first kappa shape index (κ1) is 12.4. The number of carbonyl (C=O) groups excluding carboxylic acids is 1. The summed E-state index contributed by atoms with van der Waals surface area (Å²) in [4.78, 5) is 21.6. The molecule has 6 nitrogen and oxygen atoms in total. The Hall–Kier alpha value is -2.08. The Kier molecular flexibility index (Phi) is 3.47. The fourth-order valence-corrected chi connectivity index (χ4v) is 1.88. The topological polar surface area (TPSA) is 95.7 Å². The zero-order valence-corrected chi connectivity index (χ0v) is 9.80. The molecule has 1 saturated heterocycles. The van der Waals surface area contributed by atoms with E-state index in [1.54, 1.807) is 17.1 Å².